The summed E-state index contributed by atoms with van der Waals surface area (Å²) in [7, 11) is 0. The molecule has 78 valence electrons. The third-order valence-electron chi connectivity index (χ3n) is 2.18. The molecule has 1 aromatic rings. The first-order chi connectivity index (χ1) is 6.79. The topological polar surface area (TPSA) is 3.24 Å². The lowest BCUT2D eigenvalue weighted by Gasteiger charge is -2.24. The molecule has 1 nitrogen and oxygen atoms in total. The molecule has 1 aromatic carbocycles. The van der Waals surface area contributed by atoms with Crippen molar-refractivity contribution in [2.75, 3.05) is 18.0 Å². The Hall–Kier alpha value is -0.250. The number of halogens is 1. The van der Waals surface area contributed by atoms with Crippen molar-refractivity contribution in [3.63, 3.8) is 0 Å². The molecule has 0 amide bonds. The predicted molar refractivity (Wildman–Crippen MR) is 72.0 cm³/mol. The van der Waals surface area contributed by atoms with Gasteiger partial charge in [0.15, 0.2) is 0 Å². The predicted octanol–water partition coefficient (Wildman–Crippen LogP) is 3.92. The summed E-state index contributed by atoms with van der Waals surface area (Å²) in [5.74, 6) is 0. The van der Waals surface area contributed by atoms with E-state index in [1.54, 1.807) is 0 Å². The van der Waals surface area contributed by atoms with Crippen molar-refractivity contribution in [2.45, 2.75) is 26.7 Å². The van der Waals surface area contributed by atoms with E-state index in [1.165, 1.54) is 22.1 Å². The molecule has 0 aliphatic carbocycles. The molecule has 0 aromatic heterocycles. The monoisotopic (exact) mass is 303 g/mol. The highest BCUT2D eigenvalue weighted by Gasteiger charge is 2.06. The second-order valence-electron chi connectivity index (χ2n) is 3.44. The van der Waals surface area contributed by atoms with Gasteiger partial charge in [0.05, 0.1) is 5.69 Å². The van der Waals surface area contributed by atoms with E-state index in [0.717, 1.165) is 13.1 Å². The quantitative estimate of drug-likeness (QED) is 0.745. The molecular weight excluding hydrogens is 285 g/mol. The van der Waals surface area contributed by atoms with Crippen LogP contribution in [0, 0.1) is 3.57 Å². The molecule has 0 saturated carbocycles. The van der Waals surface area contributed by atoms with Gasteiger partial charge in [0.2, 0.25) is 0 Å². The van der Waals surface area contributed by atoms with Gasteiger partial charge in [0.1, 0.15) is 0 Å². The fourth-order valence-corrected chi connectivity index (χ4v) is 2.33. The van der Waals surface area contributed by atoms with Gasteiger partial charge in [-0.2, -0.15) is 0 Å². The first kappa shape index (κ1) is 11.8. The second kappa shape index (κ2) is 6.27. The molecule has 0 atom stereocenters. The number of nitrogens with zero attached hydrogens (tertiary/aromatic N) is 1. The number of hydrogen-bond acceptors (Lipinski definition) is 1. The molecule has 0 radical (unpaired) electrons. The zero-order valence-corrected chi connectivity index (χ0v) is 11.1. The molecule has 0 unspecified atom stereocenters. The molecule has 0 aliphatic rings. The Labute approximate surface area is 101 Å². The molecule has 0 N–H and O–H groups in total. The van der Waals surface area contributed by atoms with E-state index in [1.807, 2.05) is 0 Å². The smallest absolute Gasteiger partial charge is 0.0501 e. The largest absolute Gasteiger partial charge is 0.371 e. The molecule has 0 fully saturated rings. The molecule has 1 rings (SSSR count). The number of benzene rings is 1. The fraction of sp³-hybridized carbons (Fsp3) is 0.500. The van der Waals surface area contributed by atoms with Crippen molar-refractivity contribution in [2.24, 2.45) is 0 Å². The Morgan fingerprint density at radius 3 is 2.14 bits per heavy atom. The summed E-state index contributed by atoms with van der Waals surface area (Å²) in [6.07, 6.45) is 2.43. The van der Waals surface area contributed by atoms with Gasteiger partial charge in [0.25, 0.3) is 0 Å². The van der Waals surface area contributed by atoms with Crippen LogP contribution >= 0.6 is 22.6 Å². The van der Waals surface area contributed by atoms with E-state index in [2.05, 4.69) is 65.6 Å². The highest BCUT2D eigenvalue weighted by Crippen LogP contribution is 2.22. The van der Waals surface area contributed by atoms with Crippen molar-refractivity contribution in [3.8, 4) is 0 Å². The van der Waals surface area contributed by atoms with Crippen LogP contribution in [0.5, 0.6) is 0 Å². The third kappa shape index (κ3) is 3.15. The summed E-state index contributed by atoms with van der Waals surface area (Å²) in [5, 5.41) is 0. The van der Waals surface area contributed by atoms with Crippen molar-refractivity contribution < 1.29 is 0 Å². The van der Waals surface area contributed by atoms with E-state index in [-0.39, 0.29) is 0 Å². The van der Waals surface area contributed by atoms with Crippen LogP contribution in [0.3, 0.4) is 0 Å². The maximum absolute atomic E-state index is 2.47. The number of rotatable bonds is 5. The molecule has 14 heavy (non-hydrogen) atoms. The van der Waals surface area contributed by atoms with Crippen LogP contribution < -0.4 is 4.90 Å². The Kier molecular flexibility index (Phi) is 5.30. The van der Waals surface area contributed by atoms with Crippen LogP contribution in [0.4, 0.5) is 5.69 Å². The van der Waals surface area contributed by atoms with Gasteiger partial charge >= 0.3 is 0 Å². The lowest BCUT2D eigenvalue weighted by atomic mass is 10.2. The second-order valence-corrected chi connectivity index (χ2v) is 4.60. The molecule has 0 saturated heterocycles. The number of para-hydroxylation sites is 1. The highest BCUT2D eigenvalue weighted by molar-refractivity contribution is 14.1. The Balaban J connectivity index is 2.81. The van der Waals surface area contributed by atoms with Crippen molar-refractivity contribution in [1.82, 2.24) is 0 Å². The summed E-state index contributed by atoms with van der Waals surface area (Å²) < 4.78 is 1.35. The summed E-state index contributed by atoms with van der Waals surface area (Å²) in [5.41, 5.74) is 1.39. The van der Waals surface area contributed by atoms with Crippen LogP contribution in [0.25, 0.3) is 0 Å². The first-order valence-electron chi connectivity index (χ1n) is 5.29. The SMILES string of the molecule is CCCN(CCC)c1ccccc1I. The molecule has 2 heteroatoms. The average Bonchev–Trinajstić information content (AvgIpc) is 2.18. The molecular formula is C12H18IN. The summed E-state index contributed by atoms with van der Waals surface area (Å²) in [6, 6.07) is 8.61. The van der Waals surface area contributed by atoms with Gasteiger partial charge in [0, 0.05) is 16.7 Å². The van der Waals surface area contributed by atoms with Crippen molar-refractivity contribution in [1.29, 1.82) is 0 Å². The average molecular weight is 303 g/mol. The molecule has 0 heterocycles. The Morgan fingerprint density at radius 1 is 1.07 bits per heavy atom. The van der Waals surface area contributed by atoms with E-state index >= 15 is 0 Å². The summed E-state index contributed by atoms with van der Waals surface area (Å²) in [4.78, 5) is 2.47. The van der Waals surface area contributed by atoms with Gasteiger partial charge in [-0.3, -0.25) is 0 Å². The van der Waals surface area contributed by atoms with Crippen LogP contribution in [0.15, 0.2) is 24.3 Å². The van der Waals surface area contributed by atoms with E-state index < -0.39 is 0 Å². The first-order valence-corrected chi connectivity index (χ1v) is 6.37. The minimum atomic E-state index is 1.16. The minimum absolute atomic E-state index is 1.16. The zero-order chi connectivity index (χ0) is 10.4. The lowest BCUT2D eigenvalue weighted by molar-refractivity contribution is 0.743. The lowest BCUT2D eigenvalue weighted by Crippen LogP contribution is -2.25. The number of hydrogen-bond donors (Lipinski definition) is 0. The molecule has 0 spiro atoms. The van der Waals surface area contributed by atoms with Gasteiger partial charge < -0.3 is 4.90 Å². The van der Waals surface area contributed by atoms with Crippen molar-refractivity contribution >= 4 is 28.3 Å². The normalized spacial score (nSPS) is 10.2. The number of anilines is 1. The van der Waals surface area contributed by atoms with Gasteiger partial charge in [-0.25, -0.2) is 0 Å². The van der Waals surface area contributed by atoms with E-state index in [0.29, 0.717) is 0 Å². The van der Waals surface area contributed by atoms with E-state index in [4.69, 9.17) is 0 Å². The maximum Gasteiger partial charge on any atom is 0.0501 e. The van der Waals surface area contributed by atoms with Crippen LogP contribution in [0.1, 0.15) is 26.7 Å². The maximum atomic E-state index is 2.47. The van der Waals surface area contributed by atoms with Crippen LogP contribution in [-0.4, -0.2) is 13.1 Å². The van der Waals surface area contributed by atoms with Crippen LogP contribution in [-0.2, 0) is 0 Å². The van der Waals surface area contributed by atoms with E-state index in [9.17, 15) is 0 Å². The Bertz CT molecular complexity index is 267. The van der Waals surface area contributed by atoms with Gasteiger partial charge in [-0.1, -0.05) is 26.0 Å². The minimum Gasteiger partial charge on any atom is -0.371 e. The van der Waals surface area contributed by atoms with Gasteiger partial charge in [-0.05, 0) is 47.6 Å². The Morgan fingerprint density at radius 2 is 1.64 bits per heavy atom. The standard InChI is InChI=1S/C12H18IN/c1-3-9-14(10-4-2)12-8-6-5-7-11(12)13/h5-8H,3-4,9-10H2,1-2H3. The highest BCUT2D eigenvalue weighted by atomic mass is 127. The summed E-state index contributed by atoms with van der Waals surface area (Å²) in [6.45, 7) is 6.79. The molecule has 0 aliphatic heterocycles. The van der Waals surface area contributed by atoms with Gasteiger partial charge in [-0.15, -0.1) is 0 Å². The van der Waals surface area contributed by atoms with Crippen LogP contribution in [0.2, 0.25) is 0 Å². The third-order valence-corrected chi connectivity index (χ3v) is 3.09. The molecule has 0 bridgehead atoms. The zero-order valence-electron chi connectivity index (χ0n) is 8.96. The fourth-order valence-electron chi connectivity index (χ4n) is 1.60. The summed E-state index contributed by atoms with van der Waals surface area (Å²) >= 11 is 2.41. The van der Waals surface area contributed by atoms with Crippen molar-refractivity contribution in [3.05, 3.63) is 27.8 Å².